The number of benzene rings is 1. The minimum atomic E-state index is 0.247. The number of para-hydroxylation sites is 1. The van der Waals surface area contributed by atoms with Crippen LogP contribution in [0.3, 0.4) is 0 Å². The second-order valence-corrected chi connectivity index (χ2v) is 6.40. The summed E-state index contributed by atoms with van der Waals surface area (Å²) in [5, 5.41) is 1.17. The highest BCUT2D eigenvalue weighted by atomic mass is 16.4. The maximum Gasteiger partial charge on any atom is 0.405 e. The van der Waals surface area contributed by atoms with Crippen molar-refractivity contribution in [2.45, 2.75) is 20.7 Å². The first kappa shape index (κ1) is 14.1. The molecule has 114 valence electrons. The summed E-state index contributed by atoms with van der Waals surface area (Å²) in [6.45, 7) is 6.74. The third-order valence-electron chi connectivity index (χ3n) is 4.74. The van der Waals surface area contributed by atoms with Crippen LogP contribution in [-0.2, 0) is 7.05 Å². The molecule has 0 aliphatic carbocycles. The smallest absolute Gasteiger partial charge is 0.405 e. The van der Waals surface area contributed by atoms with E-state index in [0.29, 0.717) is 0 Å². The Hall–Kier alpha value is -2.49. The third kappa shape index (κ3) is 2.09. The first-order valence-corrected chi connectivity index (χ1v) is 8.02. The molecular weight excluding hydrogens is 283 g/mol. The van der Waals surface area contributed by atoms with Crippen molar-refractivity contribution < 1.29 is 8.98 Å². The van der Waals surface area contributed by atoms with E-state index >= 15 is 0 Å². The Kier molecular flexibility index (Phi) is 3.08. The molecule has 0 saturated heterocycles. The van der Waals surface area contributed by atoms with Gasteiger partial charge in [0.15, 0.2) is 0 Å². The first-order valence-electron chi connectivity index (χ1n) is 8.02. The number of nitrogens with zero attached hydrogens (tertiary/aromatic N) is 2. The number of aromatic nitrogens is 1. The highest BCUT2D eigenvalue weighted by Gasteiger charge is 2.37. The molecule has 0 bridgehead atoms. The Balaban J connectivity index is 1.97. The van der Waals surface area contributed by atoms with E-state index in [-0.39, 0.29) is 6.85 Å². The predicted octanol–water partition coefficient (Wildman–Crippen LogP) is 4.20. The van der Waals surface area contributed by atoms with Crippen molar-refractivity contribution in [2.24, 2.45) is 7.05 Å². The van der Waals surface area contributed by atoms with Gasteiger partial charge in [0.05, 0.1) is 18.8 Å². The van der Waals surface area contributed by atoms with E-state index in [1.807, 2.05) is 12.1 Å². The maximum atomic E-state index is 6.21. The van der Waals surface area contributed by atoms with Crippen LogP contribution in [0.4, 0.5) is 11.7 Å². The molecule has 0 N–H and O–H groups in total. The Labute approximate surface area is 136 Å². The number of furan rings is 1. The van der Waals surface area contributed by atoms with E-state index in [1.54, 1.807) is 0 Å². The molecule has 3 aromatic rings. The fraction of sp³-hybridized carbons (Fsp3) is 0.211. The number of aryl methyl sites for hydroxylation is 3. The van der Waals surface area contributed by atoms with Crippen LogP contribution in [0.5, 0.6) is 0 Å². The van der Waals surface area contributed by atoms with Gasteiger partial charge in [0.1, 0.15) is 5.58 Å². The summed E-state index contributed by atoms with van der Waals surface area (Å²) in [5.74, 6) is 4.31. The van der Waals surface area contributed by atoms with Crippen molar-refractivity contribution in [1.29, 1.82) is 0 Å². The van der Waals surface area contributed by atoms with Crippen LogP contribution in [0.1, 0.15) is 16.7 Å². The minimum absolute atomic E-state index is 0.247. The lowest BCUT2D eigenvalue weighted by Crippen LogP contribution is -2.43. The van der Waals surface area contributed by atoms with E-state index < -0.39 is 0 Å². The topological polar surface area (TPSA) is 20.3 Å². The van der Waals surface area contributed by atoms with Gasteiger partial charge in [-0.05, 0) is 37.9 Å². The van der Waals surface area contributed by atoms with Crippen molar-refractivity contribution in [3.05, 3.63) is 59.2 Å². The quantitative estimate of drug-likeness (QED) is 0.496. The Morgan fingerprint density at radius 2 is 1.91 bits per heavy atom. The van der Waals surface area contributed by atoms with Crippen molar-refractivity contribution >= 4 is 35.6 Å². The van der Waals surface area contributed by atoms with Gasteiger partial charge in [-0.2, -0.15) is 0 Å². The lowest BCUT2D eigenvalue weighted by Gasteiger charge is -2.22. The van der Waals surface area contributed by atoms with Crippen molar-refractivity contribution in [2.75, 3.05) is 4.81 Å². The molecule has 0 unspecified atom stereocenters. The van der Waals surface area contributed by atoms with Gasteiger partial charge < -0.3 is 4.42 Å². The van der Waals surface area contributed by atoms with Crippen molar-refractivity contribution in [1.82, 2.24) is 0 Å². The molecule has 0 amide bonds. The number of hydrogen-bond donors (Lipinski definition) is 0. The number of rotatable bonds is 1. The molecule has 23 heavy (non-hydrogen) atoms. The van der Waals surface area contributed by atoms with Crippen LogP contribution >= 0.6 is 0 Å². The Bertz CT molecular complexity index is 942. The fourth-order valence-corrected chi connectivity index (χ4v) is 3.32. The molecule has 0 radical (unpaired) electrons. The van der Waals surface area contributed by atoms with Gasteiger partial charge in [0.2, 0.25) is 0 Å². The Morgan fingerprint density at radius 3 is 2.74 bits per heavy atom. The van der Waals surface area contributed by atoms with Crippen LogP contribution in [0, 0.1) is 13.8 Å². The van der Waals surface area contributed by atoms with Crippen LogP contribution in [0.25, 0.3) is 17.0 Å². The average Bonchev–Trinajstić information content (AvgIpc) is 2.90. The number of hydrogen-bond acceptors (Lipinski definition) is 2. The number of anilines is 2. The molecule has 4 heteroatoms. The van der Waals surface area contributed by atoms with E-state index in [1.165, 1.54) is 16.5 Å². The number of pyridine rings is 1. The fourth-order valence-electron chi connectivity index (χ4n) is 3.32. The number of fused-ring (bicyclic) bond motifs is 3. The van der Waals surface area contributed by atoms with E-state index in [0.717, 1.165) is 22.8 Å². The minimum Gasteiger partial charge on any atom is -0.423 e. The first-order chi connectivity index (χ1) is 11.1. The van der Waals surface area contributed by atoms with Crippen LogP contribution in [0.2, 0.25) is 6.82 Å². The zero-order chi connectivity index (χ0) is 16.1. The second kappa shape index (κ2) is 5.02. The predicted molar refractivity (Wildman–Crippen MR) is 96.1 cm³/mol. The second-order valence-electron chi connectivity index (χ2n) is 6.40. The summed E-state index contributed by atoms with van der Waals surface area (Å²) >= 11 is 0. The average molecular weight is 303 g/mol. The summed E-state index contributed by atoms with van der Waals surface area (Å²) < 4.78 is 8.39. The van der Waals surface area contributed by atoms with E-state index in [9.17, 15) is 0 Å². The monoisotopic (exact) mass is 303 g/mol. The molecule has 1 aliphatic heterocycles. The maximum absolute atomic E-state index is 6.21. The summed E-state index contributed by atoms with van der Waals surface area (Å²) in [4.78, 5) is 2.28. The summed E-state index contributed by atoms with van der Waals surface area (Å²) in [7, 11) is 2.09. The molecule has 3 nitrogen and oxygen atoms in total. The molecule has 0 fully saturated rings. The molecule has 1 aromatic carbocycles. The van der Waals surface area contributed by atoms with Crippen molar-refractivity contribution in [3.63, 3.8) is 0 Å². The van der Waals surface area contributed by atoms with Gasteiger partial charge in [0.25, 0.3) is 11.7 Å². The van der Waals surface area contributed by atoms with Crippen LogP contribution in [0.15, 0.2) is 46.9 Å². The molecule has 3 heterocycles. The zero-order valence-electron chi connectivity index (χ0n) is 14.0. The molecular formula is C19H20BN2O+. The summed E-state index contributed by atoms with van der Waals surface area (Å²) in [6.07, 6.45) is 4.36. The largest absolute Gasteiger partial charge is 0.423 e. The van der Waals surface area contributed by atoms with Gasteiger partial charge in [0, 0.05) is 11.5 Å². The SMILES string of the molecule is CB1C=Cc2c(oc3ccccc23)N1c1cc(C)c(C)c[n+]1C. The highest BCUT2D eigenvalue weighted by Crippen LogP contribution is 2.39. The van der Waals surface area contributed by atoms with Gasteiger partial charge >= 0.3 is 6.85 Å². The third-order valence-corrected chi connectivity index (χ3v) is 4.74. The zero-order valence-corrected chi connectivity index (χ0v) is 14.0. The summed E-state index contributed by atoms with van der Waals surface area (Å²) in [6, 6.07) is 10.5. The molecule has 0 atom stereocenters. The van der Waals surface area contributed by atoms with Crippen LogP contribution in [-0.4, -0.2) is 6.85 Å². The lowest BCUT2D eigenvalue weighted by molar-refractivity contribution is -0.658. The normalized spacial score (nSPS) is 13.7. The molecule has 1 aliphatic rings. The van der Waals surface area contributed by atoms with Crippen LogP contribution < -0.4 is 9.38 Å². The Morgan fingerprint density at radius 1 is 1.13 bits per heavy atom. The molecule has 0 saturated carbocycles. The highest BCUT2D eigenvalue weighted by molar-refractivity contribution is 6.69. The van der Waals surface area contributed by atoms with Gasteiger partial charge in [-0.1, -0.05) is 30.3 Å². The van der Waals surface area contributed by atoms with E-state index in [2.05, 4.69) is 73.5 Å². The van der Waals surface area contributed by atoms with Gasteiger partial charge in [-0.25, -0.2) is 4.57 Å². The van der Waals surface area contributed by atoms with E-state index in [4.69, 9.17) is 4.42 Å². The summed E-state index contributed by atoms with van der Waals surface area (Å²) in [5.41, 5.74) is 4.68. The molecule has 4 rings (SSSR count). The molecule has 2 aromatic heterocycles. The lowest BCUT2D eigenvalue weighted by atomic mass is 9.61. The van der Waals surface area contributed by atoms with Crippen molar-refractivity contribution in [3.8, 4) is 0 Å². The van der Waals surface area contributed by atoms with Gasteiger partial charge in [-0.15, -0.1) is 0 Å². The van der Waals surface area contributed by atoms with Gasteiger partial charge in [-0.3, -0.25) is 4.81 Å². The molecule has 0 spiro atoms. The standard InChI is InChI=1S/C19H20BN2O/c1-13-11-18(21(4)12-14(13)2)22-19-16(9-10-20(22)3)15-7-5-6-8-17(15)23-19/h5-12H,1-4H3/q+1.